The Bertz CT molecular complexity index is 1120. The number of phenols is 1. The van der Waals surface area contributed by atoms with E-state index < -0.39 is 6.04 Å². The van der Waals surface area contributed by atoms with E-state index in [1.54, 1.807) is 0 Å². The van der Waals surface area contributed by atoms with Crippen LogP contribution in [0.3, 0.4) is 0 Å². The maximum Gasteiger partial charge on any atom is 0.245 e. The van der Waals surface area contributed by atoms with E-state index in [0.29, 0.717) is 24.6 Å². The molecule has 4 bridgehead atoms. The van der Waals surface area contributed by atoms with Crippen LogP contribution in [0, 0.1) is 11.3 Å². The summed E-state index contributed by atoms with van der Waals surface area (Å²) in [4.78, 5) is 30.5. The van der Waals surface area contributed by atoms with Gasteiger partial charge in [0.15, 0.2) is 11.5 Å². The minimum atomic E-state index is -0.403. The van der Waals surface area contributed by atoms with Gasteiger partial charge >= 0.3 is 0 Å². The number of carbonyl (C=O) groups excluding carboxylic acids is 2. The monoisotopic (exact) mass is 463 g/mol. The van der Waals surface area contributed by atoms with Crippen molar-refractivity contribution >= 4 is 11.8 Å². The molecule has 0 aromatic heterocycles. The zero-order valence-electron chi connectivity index (χ0n) is 19.6. The van der Waals surface area contributed by atoms with Gasteiger partial charge in [0.1, 0.15) is 12.1 Å². The van der Waals surface area contributed by atoms with Crippen LogP contribution in [0.2, 0.25) is 0 Å². The number of fused-ring (bicyclic) bond motifs is 3. The van der Waals surface area contributed by atoms with E-state index in [2.05, 4.69) is 21.2 Å². The number of rotatable bonds is 3. The van der Waals surface area contributed by atoms with Gasteiger partial charge in [-0.3, -0.25) is 14.5 Å². The molecule has 8 aliphatic rings. The van der Waals surface area contributed by atoms with Crippen molar-refractivity contribution in [2.24, 2.45) is 11.3 Å². The van der Waals surface area contributed by atoms with Crippen LogP contribution in [0.25, 0.3) is 0 Å². The fourth-order valence-corrected chi connectivity index (χ4v) is 9.26. The van der Waals surface area contributed by atoms with Crippen molar-refractivity contribution in [3.8, 4) is 11.5 Å². The third kappa shape index (κ3) is 2.28. The van der Waals surface area contributed by atoms with Crippen LogP contribution in [0.15, 0.2) is 12.1 Å². The molecule has 9 rings (SSSR count). The summed E-state index contributed by atoms with van der Waals surface area (Å²) in [7, 11) is 0. The lowest BCUT2D eigenvalue weighted by molar-refractivity contribution is -0.146. The molecule has 1 aromatic rings. The first-order chi connectivity index (χ1) is 16.5. The van der Waals surface area contributed by atoms with E-state index in [9.17, 15) is 14.7 Å². The first-order valence-electron chi connectivity index (χ1n) is 13.4. The van der Waals surface area contributed by atoms with E-state index in [0.717, 1.165) is 51.1 Å². The van der Waals surface area contributed by atoms with Gasteiger partial charge in [0, 0.05) is 41.9 Å². The van der Waals surface area contributed by atoms with E-state index in [1.165, 1.54) is 30.5 Å². The molecule has 0 unspecified atom stereocenters. The molecule has 180 valence electrons. The standard InChI is InChI=1S/C27H33N3O4/c31-19-5-3-16-13-20-26-8-7-18(30(12-9-26)25(33)17-4-6-21(32)28-17)24-27(26,22(16)23(19)34-24)10-11-29(20)14-15-1-2-15/h3,5,15,17-18,20,24,31H,1-2,4,6-14H2,(H,28,32)/t17-,18+,20+,24-,26+,27-/m0/s1. The van der Waals surface area contributed by atoms with Crippen LogP contribution in [0.1, 0.15) is 62.5 Å². The summed E-state index contributed by atoms with van der Waals surface area (Å²) in [6.45, 7) is 3.03. The highest BCUT2D eigenvalue weighted by Crippen LogP contribution is 2.71. The number of phenolic OH excluding ortho intramolecular Hbond substituents is 1. The van der Waals surface area contributed by atoms with Crippen molar-refractivity contribution in [3.05, 3.63) is 23.3 Å². The highest BCUT2D eigenvalue weighted by Gasteiger charge is 2.74. The average molecular weight is 464 g/mol. The number of hydrogen-bond donors (Lipinski definition) is 2. The summed E-state index contributed by atoms with van der Waals surface area (Å²) in [6.07, 6.45) is 8.73. The second-order valence-corrected chi connectivity index (χ2v) is 12.1. The van der Waals surface area contributed by atoms with Crippen LogP contribution < -0.4 is 10.1 Å². The molecular formula is C27H33N3O4. The number of hydrogen-bond acceptors (Lipinski definition) is 5. The normalized spacial score (nSPS) is 41.6. The number of benzene rings is 1. The number of nitrogens with zero attached hydrogens (tertiary/aromatic N) is 2. The first kappa shape index (κ1) is 20.0. The number of piperidine rings is 1. The van der Waals surface area contributed by atoms with Crippen LogP contribution in [0.5, 0.6) is 11.5 Å². The summed E-state index contributed by atoms with van der Waals surface area (Å²) < 4.78 is 6.76. The minimum absolute atomic E-state index is 0.00555. The molecule has 6 atom stereocenters. The highest BCUT2D eigenvalue weighted by molar-refractivity contribution is 5.91. The Balaban J connectivity index is 1.27. The van der Waals surface area contributed by atoms with Crippen LogP contribution in [0.4, 0.5) is 0 Å². The minimum Gasteiger partial charge on any atom is -0.504 e. The van der Waals surface area contributed by atoms with Gasteiger partial charge < -0.3 is 20.1 Å². The largest absolute Gasteiger partial charge is 0.504 e. The fourth-order valence-electron chi connectivity index (χ4n) is 9.26. The average Bonchev–Trinajstić information content (AvgIpc) is 3.50. The van der Waals surface area contributed by atoms with Gasteiger partial charge in [-0.2, -0.15) is 0 Å². The third-order valence-corrected chi connectivity index (χ3v) is 10.8. The van der Waals surface area contributed by atoms with Crippen molar-refractivity contribution in [1.82, 2.24) is 15.1 Å². The molecular weight excluding hydrogens is 430 g/mol. The van der Waals surface area contributed by atoms with Gasteiger partial charge in [0.25, 0.3) is 0 Å². The van der Waals surface area contributed by atoms with Gasteiger partial charge in [-0.15, -0.1) is 0 Å². The molecule has 3 aliphatic carbocycles. The second-order valence-electron chi connectivity index (χ2n) is 12.1. The summed E-state index contributed by atoms with van der Waals surface area (Å²) in [6, 6.07) is 4.01. The van der Waals surface area contributed by atoms with Crippen molar-refractivity contribution < 1.29 is 19.4 Å². The van der Waals surface area contributed by atoms with Crippen molar-refractivity contribution in [1.29, 1.82) is 0 Å². The van der Waals surface area contributed by atoms with Crippen molar-refractivity contribution in [3.63, 3.8) is 0 Å². The Morgan fingerprint density at radius 1 is 1.15 bits per heavy atom. The first-order valence-corrected chi connectivity index (χ1v) is 13.4. The highest BCUT2D eigenvalue weighted by atomic mass is 16.5. The number of nitrogens with one attached hydrogen (secondary N) is 1. The fraction of sp³-hybridized carbons (Fsp3) is 0.704. The number of ether oxygens (including phenoxy) is 1. The Hall–Kier alpha value is -2.28. The Kier molecular flexibility index (Phi) is 3.80. The molecule has 2 N–H and O–H groups in total. The Morgan fingerprint density at radius 2 is 2.03 bits per heavy atom. The van der Waals surface area contributed by atoms with Crippen LogP contribution in [-0.4, -0.2) is 70.6 Å². The summed E-state index contributed by atoms with van der Waals surface area (Å²) >= 11 is 0. The maximum atomic E-state index is 13.7. The number of aromatic hydroxyl groups is 1. The molecule has 6 fully saturated rings. The molecule has 2 saturated carbocycles. The predicted octanol–water partition coefficient (Wildman–Crippen LogP) is 2.09. The second kappa shape index (κ2) is 6.48. The summed E-state index contributed by atoms with van der Waals surface area (Å²) in [5, 5.41) is 13.8. The van der Waals surface area contributed by atoms with E-state index in [-0.39, 0.29) is 40.5 Å². The van der Waals surface area contributed by atoms with E-state index >= 15 is 0 Å². The quantitative estimate of drug-likeness (QED) is 0.718. The van der Waals surface area contributed by atoms with Gasteiger partial charge in [0.2, 0.25) is 11.8 Å². The Morgan fingerprint density at radius 3 is 2.82 bits per heavy atom. The Labute approximate surface area is 199 Å². The lowest BCUT2D eigenvalue weighted by Crippen LogP contribution is -2.73. The van der Waals surface area contributed by atoms with E-state index in [4.69, 9.17) is 4.74 Å². The molecule has 4 saturated heterocycles. The maximum absolute atomic E-state index is 13.7. The van der Waals surface area contributed by atoms with Crippen molar-refractivity contribution in [2.75, 3.05) is 19.6 Å². The van der Waals surface area contributed by atoms with E-state index in [1.807, 2.05) is 6.07 Å². The molecule has 2 amide bonds. The lowest BCUT2D eigenvalue weighted by Gasteiger charge is -2.66. The molecule has 0 radical (unpaired) electrons. The number of carbonyl (C=O) groups is 2. The lowest BCUT2D eigenvalue weighted by atomic mass is 9.42. The predicted molar refractivity (Wildman–Crippen MR) is 124 cm³/mol. The molecule has 2 spiro atoms. The van der Waals surface area contributed by atoms with Crippen molar-refractivity contribution in [2.45, 2.75) is 87.4 Å². The summed E-state index contributed by atoms with van der Waals surface area (Å²) in [5.74, 6) is 1.83. The molecule has 5 aliphatic heterocycles. The molecule has 1 aromatic carbocycles. The van der Waals surface area contributed by atoms with Gasteiger partial charge in [-0.1, -0.05) is 6.07 Å². The van der Waals surface area contributed by atoms with Crippen LogP contribution >= 0.6 is 0 Å². The van der Waals surface area contributed by atoms with Crippen LogP contribution in [-0.2, 0) is 21.4 Å². The smallest absolute Gasteiger partial charge is 0.245 e. The molecule has 34 heavy (non-hydrogen) atoms. The van der Waals surface area contributed by atoms with Gasteiger partial charge in [-0.05, 0) is 75.5 Å². The zero-order chi connectivity index (χ0) is 22.8. The topological polar surface area (TPSA) is 82.1 Å². The zero-order valence-corrected chi connectivity index (χ0v) is 19.6. The SMILES string of the molecule is O=C1CC[C@@H](C(=O)N2CC[C@@]34CC[C@@H]2[C@@H]2Oc5c(O)ccc6c5[C@@]23CCN(CC2CC2)[C@@H]4C6)N1. The third-order valence-electron chi connectivity index (χ3n) is 10.8. The molecule has 7 heteroatoms. The molecule has 5 heterocycles. The number of amides is 2. The molecule has 7 nitrogen and oxygen atoms in total. The van der Waals surface area contributed by atoms with Gasteiger partial charge in [0.05, 0.1) is 6.04 Å². The van der Waals surface area contributed by atoms with Gasteiger partial charge in [-0.25, -0.2) is 0 Å². The number of likely N-dealkylation sites (tertiary alicyclic amines) is 1. The summed E-state index contributed by atoms with van der Waals surface area (Å²) in [5.41, 5.74) is 2.56.